The number of aromatic nitrogens is 1. The number of hydrogen-bond donors (Lipinski definition) is 1. The first-order valence-electron chi connectivity index (χ1n) is 11.6. The maximum atomic E-state index is 13.9. The van der Waals surface area contributed by atoms with Gasteiger partial charge in [0, 0.05) is 5.56 Å². The van der Waals surface area contributed by atoms with Crippen LogP contribution in [0.4, 0.5) is 9.52 Å². The predicted molar refractivity (Wildman–Crippen MR) is 143 cm³/mol. The van der Waals surface area contributed by atoms with E-state index in [0.717, 1.165) is 11.3 Å². The average Bonchev–Trinajstić information content (AvgIpc) is 3.49. The van der Waals surface area contributed by atoms with Gasteiger partial charge in [-0.1, -0.05) is 11.3 Å². The number of ether oxygens (including phenoxy) is 4. The summed E-state index contributed by atoms with van der Waals surface area (Å²) >= 11 is 1.05. The maximum Gasteiger partial charge on any atom is 0.301 e. The SMILES string of the molecule is COc1ccc(C(O)=C2C(=O)C(=O)N(c3nc4ccc(F)cc4s3)[C@H]2c2cc(OC)c(OC)c(OC)c2)cc1. The molecule has 0 bridgehead atoms. The number of thiazole rings is 1. The lowest BCUT2D eigenvalue weighted by molar-refractivity contribution is -0.132. The Kier molecular flexibility index (Phi) is 6.83. The lowest BCUT2D eigenvalue weighted by Gasteiger charge is -2.24. The van der Waals surface area contributed by atoms with E-state index in [0.29, 0.717) is 32.8 Å². The Morgan fingerprint density at radius 3 is 2.18 bits per heavy atom. The van der Waals surface area contributed by atoms with Crippen molar-refractivity contribution in [2.45, 2.75) is 6.04 Å². The third-order valence-corrected chi connectivity index (χ3v) is 7.37. The Hall–Kier alpha value is -4.64. The van der Waals surface area contributed by atoms with Crippen LogP contribution in [0.5, 0.6) is 23.0 Å². The summed E-state index contributed by atoms with van der Waals surface area (Å²) in [6.07, 6.45) is 0. The monoisotopic (exact) mass is 550 g/mol. The minimum atomic E-state index is -1.12. The number of carbonyl (C=O) groups excluding carboxylic acids is 2. The summed E-state index contributed by atoms with van der Waals surface area (Å²) in [7, 11) is 5.85. The molecule has 5 rings (SSSR count). The molecule has 1 aromatic heterocycles. The van der Waals surface area contributed by atoms with Crippen LogP contribution in [-0.4, -0.2) is 50.2 Å². The van der Waals surface area contributed by atoms with E-state index in [4.69, 9.17) is 18.9 Å². The Labute approximate surface area is 226 Å². The van der Waals surface area contributed by atoms with Crippen LogP contribution in [-0.2, 0) is 9.59 Å². The molecule has 3 aromatic carbocycles. The summed E-state index contributed by atoms with van der Waals surface area (Å²) < 4.78 is 36.0. The predicted octanol–water partition coefficient (Wildman–Crippen LogP) is 5.10. The number of aliphatic hydroxyl groups is 1. The largest absolute Gasteiger partial charge is 0.507 e. The van der Waals surface area contributed by atoms with Gasteiger partial charge < -0.3 is 24.1 Å². The third-order valence-electron chi connectivity index (χ3n) is 6.36. The number of benzene rings is 3. The van der Waals surface area contributed by atoms with Gasteiger partial charge in [0.25, 0.3) is 5.78 Å². The Morgan fingerprint density at radius 1 is 0.923 bits per heavy atom. The smallest absolute Gasteiger partial charge is 0.301 e. The molecular formula is C28H23FN2O7S. The van der Waals surface area contributed by atoms with Crippen molar-refractivity contribution in [2.75, 3.05) is 33.3 Å². The van der Waals surface area contributed by atoms with Gasteiger partial charge in [0.05, 0.1) is 50.3 Å². The molecule has 0 saturated carbocycles. The van der Waals surface area contributed by atoms with Crippen molar-refractivity contribution in [1.82, 2.24) is 4.98 Å². The number of methoxy groups -OCH3 is 4. The molecule has 39 heavy (non-hydrogen) atoms. The fraction of sp³-hybridized carbons (Fsp3) is 0.179. The van der Waals surface area contributed by atoms with E-state index >= 15 is 0 Å². The molecule has 200 valence electrons. The summed E-state index contributed by atoms with van der Waals surface area (Å²) in [5, 5.41) is 11.5. The molecule has 11 heteroatoms. The first-order valence-corrected chi connectivity index (χ1v) is 12.4. The van der Waals surface area contributed by atoms with Crippen molar-refractivity contribution >= 4 is 44.1 Å². The fourth-order valence-electron chi connectivity index (χ4n) is 4.50. The van der Waals surface area contributed by atoms with Gasteiger partial charge in [-0.3, -0.25) is 14.5 Å². The minimum Gasteiger partial charge on any atom is -0.507 e. The van der Waals surface area contributed by atoms with Gasteiger partial charge in [-0.15, -0.1) is 0 Å². The van der Waals surface area contributed by atoms with Crippen LogP contribution >= 0.6 is 11.3 Å². The van der Waals surface area contributed by atoms with Crippen molar-refractivity contribution in [2.24, 2.45) is 0 Å². The number of hydrogen-bond acceptors (Lipinski definition) is 9. The summed E-state index contributed by atoms with van der Waals surface area (Å²) in [6.45, 7) is 0. The van der Waals surface area contributed by atoms with E-state index < -0.39 is 23.5 Å². The number of Topliss-reactive ketones (excluding diaryl/α,β-unsaturated/α-hetero) is 1. The number of nitrogens with zero attached hydrogens (tertiary/aromatic N) is 2. The summed E-state index contributed by atoms with van der Waals surface area (Å²) in [4.78, 5) is 32.7. The Bertz CT molecular complexity index is 1610. The van der Waals surface area contributed by atoms with E-state index in [2.05, 4.69) is 4.98 Å². The molecule has 1 aliphatic heterocycles. The zero-order chi connectivity index (χ0) is 27.8. The lowest BCUT2D eigenvalue weighted by Crippen LogP contribution is -2.29. The van der Waals surface area contributed by atoms with Gasteiger partial charge in [-0.2, -0.15) is 0 Å². The number of carbonyl (C=O) groups is 2. The van der Waals surface area contributed by atoms with Crippen LogP contribution < -0.4 is 23.8 Å². The molecule has 2 heterocycles. The second-order valence-electron chi connectivity index (χ2n) is 8.46. The highest BCUT2D eigenvalue weighted by Gasteiger charge is 2.48. The standard InChI is InChI=1S/C28H23FN2O7S/c1-35-17-8-5-14(6-9-17)24(32)22-23(15-11-19(36-2)26(38-4)20(12-15)37-3)31(27(34)25(22)33)28-30-18-10-7-16(29)13-21(18)39-28/h5-13,23,32H,1-4H3/t23-/m0/s1. The van der Waals surface area contributed by atoms with Gasteiger partial charge in [-0.25, -0.2) is 9.37 Å². The number of rotatable bonds is 7. The van der Waals surface area contributed by atoms with Crippen molar-refractivity contribution in [3.05, 3.63) is 77.1 Å². The highest BCUT2D eigenvalue weighted by atomic mass is 32.1. The van der Waals surface area contributed by atoms with Gasteiger partial charge in [0.2, 0.25) is 5.75 Å². The number of aliphatic hydroxyl groups excluding tert-OH is 1. The molecular weight excluding hydrogens is 527 g/mol. The first-order chi connectivity index (χ1) is 18.8. The fourth-order valence-corrected chi connectivity index (χ4v) is 5.52. The molecule has 1 amide bonds. The van der Waals surface area contributed by atoms with Gasteiger partial charge in [0.15, 0.2) is 16.6 Å². The summed E-state index contributed by atoms with van der Waals surface area (Å²) in [6, 6.07) is 12.5. The van der Waals surface area contributed by atoms with E-state index in [-0.39, 0.29) is 28.0 Å². The molecule has 4 aromatic rings. The third kappa shape index (κ3) is 4.40. The number of fused-ring (bicyclic) bond motifs is 1. The summed E-state index contributed by atoms with van der Waals surface area (Å²) in [5.74, 6) is -1.22. The van der Waals surface area contributed by atoms with Gasteiger partial charge in [-0.05, 0) is 60.2 Å². The molecule has 1 saturated heterocycles. The van der Waals surface area contributed by atoms with Crippen LogP contribution in [0.3, 0.4) is 0 Å². The number of amides is 1. The van der Waals surface area contributed by atoms with Crippen LogP contribution in [0.25, 0.3) is 16.0 Å². The van der Waals surface area contributed by atoms with Crippen molar-refractivity contribution in [1.29, 1.82) is 0 Å². The van der Waals surface area contributed by atoms with E-state index in [1.165, 1.54) is 51.5 Å². The molecule has 0 radical (unpaired) electrons. The molecule has 1 atom stereocenters. The van der Waals surface area contributed by atoms with Gasteiger partial charge in [0.1, 0.15) is 17.3 Å². The topological polar surface area (TPSA) is 107 Å². The summed E-state index contributed by atoms with van der Waals surface area (Å²) in [5.41, 5.74) is 0.990. The quantitative estimate of drug-likeness (QED) is 0.193. The second-order valence-corrected chi connectivity index (χ2v) is 9.47. The molecule has 1 fully saturated rings. The average molecular weight is 551 g/mol. The van der Waals surface area contributed by atoms with Crippen LogP contribution in [0.15, 0.2) is 60.2 Å². The van der Waals surface area contributed by atoms with Gasteiger partial charge >= 0.3 is 5.91 Å². The van der Waals surface area contributed by atoms with Crippen molar-refractivity contribution < 1.29 is 38.0 Å². The number of halogens is 1. The zero-order valence-corrected chi connectivity index (χ0v) is 22.2. The lowest BCUT2D eigenvalue weighted by atomic mass is 9.94. The molecule has 9 nitrogen and oxygen atoms in total. The van der Waals surface area contributed by atoms with Crippen molar-refractivity contribution in [3.8, 4) is 23.0 Å². The van der Waals surface area contributed by atoms with Crippen LogP contribution in [0.2, 0.25) is 0 Å². The maximum absolute atomic E-state index is 13.9. The molecule has 0 spiro atoms. The Balaban J connectivity index is 1.77. The minimum absolute atomic E-state index is 0.158. The second kappa shape index (κ2) is 10.3. The zero-order valence-electron chi connectivity index (χ0n) is 21.4. The van der Waals surface area contributed by atoms with Crippen molar-refractivity contribution in [3.63, 3.8) is 0 Å². The highest BCUT2D eigenvalue weighted by Crippen LogP contribution is 2.48. The van der Waals surface area contributed by atoms with Crippen LogP contribution in [0.1, 0.15) is 17.2 Å². The molecule has 1 N–H and O–H groups in total. The van der Waals surface area contributed by atoms with Crippen LogP contribution in [0, 0.1) is 5.82 Å². The van der Waals surface area contributed by atoms with E-state index in [1.54, 1.807) is 36.4 Å². The first kappa shape index (κ1) is 26.0. The molecule has 1 aliphatic rings. The van der Waals surface area contributed by atoms with E-state index in [9.17, 15) is 19.1 Å². The Morgan fingerprint density at radius 2 is 1.59 bits per heavy atom. The number of anilines is 1. The normalized spacial score (nSPS) is 16.5. The molecule has 0 aliphatic carbocycles. The highest BCUT2D eigenvalue weighted by molar-refractivity contribution is 7.22. The van der Waals surface area contributed by atoms with E-state index in [1.807, 2.05) is 0 Å². The number of ketones is 1. The molecule has 0 unspecified atom stereocenters.